The highest BCUT2D eigenvalue weighted by Gasteiger charge is 1.88. The summed E-state index contributed by atoms with van der Waals surface area (Å²) in [4.78, 5) is 8.58. The van der Waals surface area contributed by atoms with Gasteiger partial charge in [-0.1, -0.05) is 0 Å². The lowest BCUT2D eigenvalue weighted by molar-refractivity contribution is -0.106. The van der Waals surface area contributed by atoms with E-state index in [4.69, 9.17) is 4.79 Å². The maximum Gasteiger partial charge on any atom is 0.204 e. The zero-order valence-electron chi connectivity index (χ0n) is 6.00. The smallest absolute Gasteiger partial charge is 0.204 e. The van der Waals surface area contributed by atoms with Gasteiger partial charge in [0.15, 0.2) is 0 Å². The third-order valence-corrected chi connectivity index (χ3v) is 1.83. The van der Waals surface area contributed by atoms with Crippen molar-refractivity contribution in [2.24, 2.45) is 5.73 Å². The number of carbonyl (C=O) groups excluding carboxylic acids is 1. The van der Waals surface area contributed by atoms with Crippen molar-refractivity contribution < 1.29 is 4.79 Å². The first-order chi connectivity index (χ1) is 4.72. The Morgan fingerprint density at radius 1 is 1.70 bits per heavy atom. The number of carbonyl (C=O) groups is 1. The third-order valence-electron chi connectivity index (χ3n) is 0.990. The molecule has 0 saturated carbocycles. The van der Waals surface area contributed by atoms with Crippen LogP contribution in [0.3, 0.4) is 0 Å². The SMILES string of the molecule is Cc1csnc1C.NC=O. The zero-order chi connectivity index (χ0) is 7.98. The molecule has 0 aliphatic rings. The van der Waals surface area contributed by atoms with Gasteiger partial charge in [0.2, 0.25) is 6.41 Å². The predicted molar refractivity (Wildman–Crippen MR) is 41.8 cm³/mol. The van der Waals surface area contributed by atoms with Crippen LogP contribution in [0.1, 0.15) is 11.3 Å². The van der Waals surface area contributed by atoms with Crippen molar-refractivity contribution in [1.82, 2.24) is 4.37 Å². The molecule has 0 spiro atoms. The molecular weight excluding hydrogens is 148 g/mol. The van der Waals surface area contributed by atoms with E-state index in [1.807, 2.05) is 6.92 Å². The number of hydrogen-bond acceptors (Lipinski definition) is 3. The van der Waals surface area contributed by atoms with Gasteiger partial charge < -0.3 is 5.73 Å². The molecule has 0 unspecified atom stereocenters. The molecule has 0 radical (unpaired) electrons. The molecule has 1 rings (SSSR count). The summed E-state index contributed by atoms with van der Waals surface area (Å²) in [5, 5.41) is 2.05. The van der Waals surface area contributed by atoms with E-state index < -0.39 is 0 Å². The summed E-state index contributed by atoms with van der Waals surface area (Å²) in [6.07, 6.45) is 0.250. The van der Waals surface area contributed by atoms with Crippen molar-refractivity contribution in [2.75, 3.05) is 0 Å². The molecule has 0 aromatic carbocycles. The summed E-state index contributed by atoms with van der Waals surface area (Å²) < 4.78 is 4.06. The van der Waals surface area contributed by atoms with E-state index in [9.17, 15) is 0 Å². The first-order valence-corrected chi connectivity index (χ1v) is 3.59. The van der Waals surface area contributed by atoms with Crippen LogP contribution in [0.4, 0.5) is 0 Å². The van der Waals surface area contributed by atoms with Crippen LogP contribution in [-0.4, -0.2) is 10.8 Å². The van der Waals surface area contributed by atoms with Crippen LogP contribution in [0, 0.1) is 13.8 Å². The molecule has 56 valence electrons. The second kappa shape index (κ2) is 4.93. The van der Waals surface area contributed by atoms with Crippen molar-refractivity contribution in [3.8, 4) is 0 Å². The molecule has 4 heteroatoms. The second-order valence-electron chi connectivity index (χ2n) is 1.72. The van der Waals surface area contributed by atoms with Gasteiger partial charge in [-0.3, -0.25) is 4.79 Å². The van der Waals surface area contributed by atoms with Gasteiger partial charge in [-0.25, -0.2) is 0 Å². The Morgan fingerprint density at radius 2 is 2.20 bits per heavy atom. The van der Waals surface area contributed by atoms with Crippen LogP contribution in [0.5, 0.6) is 0 Å². The normalized spacial score (nSPS) is 7.80. The predicted octanol–water partition coefficient (Wildman–Crippen LogP) is 0.861. The van der Waals surface area contributed by atoms with Gasteiger partial charge in [-0.15, -0.1) is 0 Å². The Kier molecular flexibility index (Phi) is 4.49. The summed E-state index contributed by atoms with van der Waals surface area (Å²) in [6, 6.07) is 0. The maximum atomic E-state index is 8.58. The van der Waals surface area contributed by atoms with E-state index in [1.165, 1.54) is 17.1 Å². The standard InChI is InChI=1S/C5H7NS.CH3NO/c1-4-3-7-6-5(4)2;2-1-3/h3H,1-2H3;1H,(H2,2,3). The number of hydrogen-bond donors (Lipinski definition) is 1. The van der Waals surface area contributed by atoms with Crippen molar-refractivity contribution in [3.05, 3.63) is 16.6 Å². The fourth-order valence-corrected chi connectivity index (χ4v) is 1.03. The molecule has 10 heavy (non-hydrogen) atoms. The molecule has 2 N–H and O–H groups in total. The Balaban J connectivity index is 0.000000236. The number of amides is 1. The number of aromatic nitrogens is 1. The van der Waals surface area contributed by atoms with Crippen molar-refractivity contribution in [1.29, 1.82) is 0 Å². The summed E-state index contributed by atoms with van der Waals surface area (Å²) >= 11 is 1.52. The lowest BCUT2D eigenvalue weighted by Gasteiger charge is -1.77. The molecule has 0 fully saturated rings. The molecule has 0 aliphatic heterocycles. The van der Waals surface area contributed by atoms with E-state index in [-0.39, 0.29) is 6.41 Å². The van der Waals surface area contributed by atoms with Crippen molar-refractivity contribution in [3.63, 3.8) is 0 Å². The van der Waals surface area contributed by atoms with Crippen molar-refractivity contribution >= 4 is 17.9 Å². The summed E-state index contributed by atoms with van der Waals surface area (Å²) in [5.74, 6) is 0. The monoisotopic (exact) mass is 158 g/mol. The Bertz CT molecular complexity index is 181. The fraction of sp³-hybridized carbons (Fsp3) is 0.333. The van der Waals surface area contributed by atoms with E-state index in [2.05, 4.69) is 22.4 Å². The minimum absolute atomic E-state index is 0.250. The molecule has 1 aromatic rings. The van der Waals surface area contributed by atoms with Crippen LogP contribution >= 0.6 is 11.5 Å². The molecule has 1 aromatic heterocycles. The van der Waals surface area contributed by atoms with Crippen LogP contribution in [0.2, 0.25) is 0 Å². The zero-order valence-corrected chi connectivity index (χ0v) is 6.81. The lowest BCUT2D eigenvalue weighted by Crippen LogP contribution is -1.82. The summed E-state index contributed by atoms with van der Waals surface area (Å²) in [7, 11) is 0. The Labute approximate surface area is 64.0 Å². The summed E-state index contributed by atoms with van der Waals surface area (Å²) in [6.45, 7) is 4.09. The van der Waals surface area contributed by atoms with Crippen LogP contribution in [0.25, 0.3) is 0 Å². The molecule has 1 heterocycles. The summed E-state index contributed by atoms with van der Waals surface area (Å²) in [5.41, 5.74) is 6.62. The Morgan fingerprint density at radius 3 is 2.30 bits per heavy atom. The lowest BCUT2D eigenvalue weighted by atomic mass is 10.3. The van der Waals surface area contributed by atoms with Gasteiger partial charge in [-0.2, -0.15) is 4.37 Å². The number of nitrogens with two attached hydrogens (primary N) is 1. The molecule has 0 atom stereocenters. The van der Waals surface area contributed by atoms with Gasteiger partial charge in [0.1, 0.15) is 0 Å². The third kappa shape index (κ3) is 3.19. The topological polar surface area (TPSA) is 56.0 Å². The van der Waals surface area contributed by atoms with Crippen LogP contribution in [0.15, 0.2) is 5.38 Å². The molecule has 3 nitrogen and oxygen atoms in total. The number of rotatable bonds is 0. The van der Waals surface area contributed by atoms with Gasteiger partial charge in [0.25, 0.3) is 0 Å². The minimum Gasteiger partial charge on any atom is -0.372 e. The van der Waals surface area contributed by atoms with Crippen molar-refractivity contribution in [2.45, 2.75) is 13.8 Å². The number of nitrogens with zero attached hydrogens (tertiary/aromatic N) is 1. The van der Waals surface area contributed by atoms with Crippen LogP contribution in [-0.2, 0) is 4.79 Å². The quantitative estimate of drug-likeness (QED) is 0.569. The van der Waals surface area contributed by atoms with E-state index in [1.54, 1.807) is 0 Å². The van der Waals surface area contributed by atoms with E-state index in [0.29, 0.717) is 0 Å². The van der Waals surface area contributed by atoms with E-state index >= 15 is 0 Å². The highest BCUT2D eigenvalue weighted by molar-refractivity contribution is 7.03. The second-order valence-corrected chi connectivity index (χ2v) is 2.35. The average molecular weight is 158 g/mol. The fourth-order valence-electron chi connectivity index (χ4n) is 0.342. The molecule has 1 amide bonds. The Hall–Kier alpha value is -0.900. The molecule has 0 aliphatic carbocycles. The average Bonchev–Trinajstić information content (AvgIpc) is 2.19. The largest absolute Gasteiger partial charge is 0.372 e. The van der Waals surface area contributed by atoms with Gasteiger partial charge in [0, 0.05) is 5.38 Å². The number of aryl methyl sites for hydroxylation is 2. The highest BCUT2D eigenvalue weighted by atomic mass is 32.1. The number of primary amides is 1. The van der Waals surface area contributed by atoms with E-state index in [0.717, 1.165) is 5.69 Å². The minimum atomic E-state index is 0.250. The first kappa shape index (κ1) is 9.10. The molecule has 0 bridgehead atoms. The molecular formula is C6H10N2OS. The maximum absolute atomic E-state index is 8.58. The van der Waals surface area contributed by atoms with Crippen LogP contribution < -0.4 is 5.73 Å². The van der Waals surface area contributed by atoms with Gasteiger partial charge >= 0.3 is 0 Å². The highest BCUT2D eigenvalue weighted by Crippen LogP contribution is 2.05. The first-order valence-electron chi connectivity index (χ1n) is 2.75. The van der Waals surface area contributed by atoms with Gasteiger partial charge in [-0.05, 0) is 30.9 Å². The van der Waals surface area contributed by atoms with Gasteiger partial charge in [0.05, 0.1) is 5.69 Å². The molecule has 0 saturated heterocycles.